The van der Waals surface area contributed by atoms with Gasteiger partial charge in [0.15, 0.2) is 0 Å². The first-order valence-corrected chi connectivity index (χ1v) is 5.90. The van der Waals surface area contributed by atoms with Crippen LogP contribution >= 0.6 is 23.4 Å². The van der Waals surface area contributed by atoms with Gasteiger partial charge in [0.2, 0.25) is 0 Å². The highest BCUT2D eigenvalue weighted by Crippen LogP contribution is 1.99. The van der Waals surface area contributed by atoms with E-state index < -0.39 is 11.2 Å². The van der Waals surface area contributed by atoms with Gasteiger partial charge in [0, 0.05) is 12.7 Å². The third kappa shape index (κ3) is 2.92. The number of nitrogens with zero attached hydrogens (tertiary/aromatic N) is 1. The SMILES string of the molecule is CSCCCn1cc(Cl)c(=O)[nH]c1=O. The Balaban J connectivity index is 2.82. The number of nitrogens with one attached hydrogen (secondary N) is 1. The van der Waals surface area contributed by atoms with Crippen LogP contribution in [0.1, 0.15) is 6.42 Å². The zero-order valence-electron chi connectivity index (χ0n) is 7.75. The fourth-order valence-corrected chi connectivity index (χ4v) is 1.61. The van der Waals surface area contributed by atoms with Crippen molar-refractivity contribution < 1.29 is 0 Å². The number of hydrogen-bond donors (Lipinski definition) is 1. The zero-order chi connectivity index (χ0) is 10.6. The Morgan fingerprint density at radius 1 is 1.57 bits per heavy atom. The Kier molecular flexibility index (Phi) is 4.28. The molecule has 0 fully saturated rings. The molecule has 0 saturated heterocycles. The van der Waals surface area contributed by atoms with Gasteiger partial charge in [-0.15, -0.1) is 0 Å². The summed E-state index contributed by atoms with van der Waals surface area (Å²) in [5, 5.41) is 0.0498. The van der Waals surface area contributed by atoms with Gasteiger partial charge in [-0.25, -0.2) is 4.79 Å². The highest BCUT2D eigenvalue weighted by Gasteiger charge is 2.01. The normalized spacial score (nSPS) is 10.4. The summed E-state index contributed by atoms with van der Waals surface area (Å²) in [7, 11) is 0. The smallest absolute Gasteiger partial charge is 0.299 e. The van der Waals surface area contributed by atoms with Crippen LogP contribution in [0.2, 0.25) is 5.02 Å². The number of halogens is 1. The molecule has 0 bridgehead atoms. The first kappa shape index (κ1) is 11.4. The fraction of sp³-hybridized carbons (Fsp3) is 0.500. The van der Waals surface area contributed by atoms with Crippen LogP contribution in [-0.4, -0.2) is 21.6 Å². The molecule has 4 nitrogen and oxygen atoms in total. The van der Waals surface area contributed by atoms with Crippen LogP contribution in [0, 0.1) is 0 Å². The predicted octanol–water partition coefficient (Wildman–Crippen LogP) is 0.943. The van der Waals surface area contributed by atoms with Crippen molar-refractivity contribution in [3.05, 3.63) is 32.1 Å². The van der Waals surface area contributed by atoms with E-state index in [-0.39, 0.29) is 5.02 Å². The summed E-state index contributed by atoms with van der Waals surface area (Å²) in [4.78, 5) is 24.3. The quantitative estimate of drug-likeness (QED) is 0.789. The number of aromatic amines is 1. The molecular weight excluding hydrogens is 224 g/mol. The second kappa shape index (κ2) is 5.26. The van der Waals surface area contributed by atoms with Gasteiger partial charge < -0.3 is 0 Å². The topological polar surface area (TPSA) is 54.9 Å². The van der Waals surface area contributed by atoms with Crippen molar-refractivity contribution in [2.45, 2.75) is 13.0 Å². The minimum Gasteiger partial charge on any atom is -0.299 e. The summed E-state index contributed by atoms with van der Waals surface area (Å²) < 4.78 is 1.42. The Morgan fingerprint density at radius 3 is 2.93 bits per heavy atom. The molecular formula is C8H11ClN2O2S. The summed E-state index contributed by atoms with van der Waals surface area (Å²) >= 11 is 7.30. The maximum atomic E-state index is 11.2. The van der Waals surface area contributed by atoms with Crippen LogP contribution in [-0.2, 0) is 6.54 Å². The molecule has 78 valence electrons. The fourth-order valence-electron chi connectivity index (χ4n) is 1.03. The highest BCUT2D eigenvalue weighted by molar-refractivity contribution is 7.98. The van der Waals surface area contributed by atoms with E-state index in [4.69, 9.17) is 11.6 Å². The second-order valence-corrected chi connectivity index (χ2v) is 4.17. The average molecular weight is 235 g/mol. The van der Waals surface area contributed by atoms with E-state index in [9.17, 15) is 9.59 Å². The number of rotatable bonds is 4. The first-order chi connectivity index (χ1) is 6.65. The van der Waals surface area contributed by atoms with Crippen molar-refractivity contribution in [2.75, 3.05) is 12.0 Å². The molecule has 0 saturated carbocycles. The first-order valence-electron chi connectivity index (χ1n) is 4.13. The van der Waals surface area contributed by atoms with Crippen molar-refractivity contribution in [1.29, 1.82) is 0 Å². The molecule has 6 heteroatoms. The van der Waals surface area contributed by atoms with Crippen LogP contribution < -0.4 is 11.2 Å². The van der Waals surface area contributed by atoms with E-state index >= 15 is 0 Å². The maximum Gasteiger partial charge on any atom is 0.328 e. The van der Waals surface area contributed by atoms with Gasteiger partial charge in [0.05, 0.1) is 0 Å². The number of H-pyrrole nitrogens is 1. The number of hydrogen-bond acceptors (Lipinski definition) is 3. The molecule has 1 aromatic rings. The summed E-state index contributed by atoms with van der Waals surface area (Å²) in [6.07, 6.45) is 4.26. The molecule has 14 heavy (non-hydrogen) atoms. The lowest BCUT2D eigenvalue weighted by molar-refractivity contribution is 0.636. The third-order valence-electron chi connectivity index (χ3n) is 1.71. The lowest BCUT2D eigenvalue weighted by atomic mass is 10.4. The number of aromatic nitrogens is 2. The van der Waals surface area contributed by atoms with Gasteiger partial charge in [-0.2, -0.15) is 11.8 Å². The molecule has 0 aliphatic carbocycles. The van der Waals surface area contributed by atoms with Crippen molar-refractivity contribution in [2.24, 2.45) is 0 Å². The van der Waals surface area contributed by atoms with Gasteiger partial charge in [-0.05, 0) is 18.4 Å². The molecule has 0 amide bonds. The van der Waals surface area contributed by atoms with Gasteiger partial charge in [0.25, 0.3) is 5.56 Å². The minimum atomic E-state index is -0.530. The summed E-state index contributed by atoms with van der Waals surface area (Å²) in [6.45, 7) is 0.580. The maximum absolute atomic E-state index is 11.2. The largest absolute Gasteiger partial charge is 0.328 e. The van der Waals surface area contributed by atoms with Gasteiger partial charge in [0.1, 0.15) is 5.02 Å². The Hall–Kier alpha value is -0.680. The summed E-state index contributed by atoms with van der Waals surface area (Å²) in [5.74, 6) is 0.975. The third-order valence-corrected chi connectivity index (χ3v) is 2.68. The Labute approximate surface area is 90.3 Å². The zero-order valence-corrected chi connectivity index (χ0v) is 9.32. The molecule has 0 radical (unpaired) electrons. The van der Waals surface area contributed by atoms with Crippen LogP contribution in [0.4, 0.5) is 0 Å². The van der Waals surface area contributed by atoms with E-state index in [0.717, 1.165) is 12.2 Å². The summed E-state index contributed by atoms with van der Waals surface area (Å²) in [6, 6.07) is 0. The van der Waals surface area contributed by atoms with Gasteiger partial charge in [-0.1, -0.05) is 11.6 Å². The van der Waals surface area contributed by atoms with Crippen LogP contribution in [0.15, 0.2) is 15.8 Å². The molecule has 0 spiro atoms. The van der Waals surface area contributed by atoms with E-state index in [1.54, 1.807) is 11.8 Å². The molecule has 0 aliphatic heterocycles. The van der Waals surface area contributed by atoms with E-state index in [2.05, 4.69) is 4.98 Å². The standard InChI is InChI=1S/C8H11ClN2O2S/c1-14-4-2-3-11-5-6(9)7(12)10-8(11)13/h5H,2-4H2,1H3,(H,10,12,13). The van der Waals surface area contributed by atoms with E-state index in [1.807, 2.05) is 6.26 Å². The van der Waals surface area contributed by atoms with Gasteiger partial charge in [-0.3, -0.25) is 14.3 Å². The van der Waals surface area contributed by atoms with Crippen molar-refractivity contribution in [3.8, 4) is 0 Å². The highest BCUT2D eigenvalue weighted by atomic mass is 35.5. The van der Waals surface area contributed by atoms with Crippen molar-refractivity contribution in [3.63, 3.8) is 0 Å². The molecule has 0 atom stereocenters. The van der Waals surface area contributed by atoms with Gasteiger partial charge >= 0.3 is 5.69 Å². The lowest BCUT2D eigenvalue weighted by Gasteiger charge is -2.03. The van der Waals surface area contributed by atoms with E-state index in [1.165, 1.54) is 10.8 Å². The monoisotopic (exact) mass is 234 g/mol. The Bertz CT molecular complexity index is 413. The molecule has 1 rings (SSSR count). The molecule has 1 N–H and O–H groups in total. The summed E-state index contributed by atoms with van der Waals surface area (Å²) in [5.41, 5.74) is -0.932. The molecule has 1 heterocycles. The van der Waals surface area contributed by atoms with Crippen LogP contribution in [0.25, 0.3) is 0 Å². The van der Waals surface area contributed by atoms with E-state index in [0.29, 0.717) is 6.54 Å². The molecule has 1 aromatic heterocycles. The van der Waals surface area contributed by atoms with Crippen LogP contribution in [0.5, 0.6) is 0 Å². The number of aryl methyl sites for hydroxylation is 1. The second-order valence-electron chi connectivity index (χ2n) is 2.78. The van der Waals surface area contributed by atoms with Crippen molar-refractivity contribution in [1.82, 2.24) is 9.55 Å². The average Bonchev–Trinajstić information content (AvgIpc) is 2.14. The van der Waals surface area contributed by atoms with Crippen LogP contribution in [0.3, 0.4) is 0 Å². The predicted molar refractivity (Wildman–Crippen MR) is 59.3 cm³/mol. The molecule has 0 aromatic carbocycles. The molecule has 0 unspecified atom stereocenters. The number of thioether (sulfide) groups is 1. The minimum absolute atomic E-state index is 0.0498. The lowest BCUT2D eigenvalue weighted by Crippen LogP contribution is -2.29. The molecule has 0 aliphatic rings. The van der Waals surface area contributed by atoms with Crippen molar-refractivity contribution >= 4 is 23.4 Å². The Morgan fingerprint density at radius 2 is 2.29 bits per heavy atom.